The lowest BCUT2D eigenvalue weighted by atomic mass is 9.97. The second kappa shape index (κ2) is 4.72. The van der Waals surface area contributed by atoms with E-state index in [0.29, 0.717) is 0 Å². The highest BCUT2D eigenvalue weighted by Crippen LogP contribution is 2.28. The quantitative estimate of drug-likeness (QED) is 0.700. The fraction of sp³-hybridized carbons (Fsp3) is 0.875. The molecule has 0 heterocycles. The highest BCUT2D eigenvalue weighted by molar-refractivity contribution is 8.00. The van der Waals surface area contributed by atoms with E-state index in [-0.39, 0.29) is 17.1 Å². The van der Waals surface area contributed by atoms with E-state index in [0.717, 1.165) is 25.7 Å². The van der Waals surface area contributed by atoms with Crippen molar-refractivity contribution >= 4 is 17.7 Å². The minimum atomic E-state index is -0.794. The molecule has 1 rings (SSSR count). The molecule has 70 valence electrons. The zero-order valence-corrected chi connectivity index (χ0v) is 7.72. The molecular weight excluding hydrogens is 176 g/mol. The van der Waals surface area contributed by atoms with E-state index < -0.39 is 5.97 Å². The molecule has 4 heteroatoms. The molecule has 2 atom stereocenters. The van der Waals surface area contributed by atoms with Crippen LogP contribution >= 0.6 is 11.8 Å². The van der Waals surface area contributed by atoms with E-state index in [1.54, 1.807) is 0 Å². The Morgan fingerprint density at radius 2 is 2.08 bits per heavy atom. The molecule has 2 N–H and O–H groups in total. The lowest BCUT2D eigenvalue weighted by molar-refractivity contribution is -0.133. The average molecular weight is 190 g/mol. The van der Waals surface area contributed by atoms with Crippen LogP contribution in [-0.4, -0.2) is 33.3 Å². The number of aliphatic hydroxyl groups excluding tert-OH is 1. The topological polar surface area (TPSA) is 57.5 Å². The number of aliphatic carboxylic acids is 1. The predicted octanol–water partition coefficient (Wildman–Crippen LogP) is 1.11. The van der Waals surface area contributed by atoms with Crippen LogP contribution in [0.2, 0.25) is 0 Å². The molecule has 1 fully saturated rings. The number of carboxylic acids is 1. The molecule has 1 saturated carbocycles. The van der Waals surface area contributed by atoms with E-state index in [9.17, 15) is 9.90 Å². The van der Waals surface area contributed by atoms with Gasteiger partial charge in [0.1, 0.15) is 0 Å². The standard InChI is InChI=1S/C8H14O3S/c9-6-3-1-2-4-7(6)12-5-8(10)11/h6-7,9H,1-5H2,(H,10,11)/t6-,7-/m1/s1. The summed E-state index contributed by atoms with van der Waals surface area (Å²) in [4.78, 5) is 10.2. The summed E-state index contributed by atoms with van der Waals surface area (Å²) in [5.74, 6) is -0.681. The summed E-state index contributed by atoms with van der Waals surface area (Å²) >= 11 is 1.36. The van der Waals surface area contributed by atoms with Gasteiger partial charge in [-0.15, -0.1) is 11.8 Å². The number of aliphatic hydroxyl groups is 1. The fourth-order valence-corrected chi connectivity index (χ4v) is 2.50. The second-order valence-electron chi connectivity index (χ2n) is 3.09. The molecule has 0 spiro atoms. The van der Waals surface area contributed by atoms with Crippen LogP contribution in [0.3, 0.4) is 0 Å². The van der Waals surface area contributed by atoms with Crippen LogP contribution in [0.5, 0.6) is 0 Å². The Labute approximate surface area is 76.2 Å². The molecule has 0 aromatic rings. The van der Waals surface area contributed by atoms with Crippen LogP contribution in [0, 0.1) is 0 Å². The van der Waals surface area contributed by atoms with Gasteiger partial charge in [-0.3, -0.25) is 4.79 Å². The van der Waals surface area contributed by atoms with Gasteiger partial charge < -0.3 is 10.2 Å². The van der Waals surface area contributed by atoms with Crippen LogP contribution in [0.25, 0.3) is 0 Å². The highest BCUT2D eigenvalue weighted by Gasteiger charge is 2.23. The second-order valence-corrected chi connectivity index (χ2v) is 4.32. The van der Waals surface area contributed by atoms with Gasteiger partial charge in [0.15, 0.2) is 0 Å². The summed E-state index contributed by atoms with van der Waals surface area (Å²) in [6.45, 7) is 0. The minimum Gasteiger partial charge on any atom is -0.481 e. The number of rotatable bonds is 3. The third kappa shape index (κ3) is 3.03. The minimum absolute atomic E-state index is 0.113. The number of thioether (sulfide) groups is 1. The third-order valence-electron chi connectivity index (χ3n) is 2.09. The number of hydrogen-bond acceptors (Lipinski definition) is 3. The van der Waals surface area contributed by atoms with Crippen LogP contribution in [0.1, 0.15) is 25.7 Å². The fourth-order valence-electron chi connectivity index (χ4n) is 1.45. The van der Waals surface area contributed by atoms with Crippen molar-refractivity contribution in [1.82, 2.24) is 0 Å². The lowest BCUT2D eigenvalue weighted by Gasteiger charge is -2.26. The zero-order chi connectivity index (χ0) is 8.97. The Morgan fingerprint density at radius 3 is 2.67 bits per heavy atom. The van der Waals surface area contributed by atoms with Crippen LogP contribution in [0.4, 0.5) is 0 Å². The molecule has 0 aromatic heterocycles. The first kappa shape index (κ1) is 9.86. The predicted molar refractivity (Wildman–Crippen MR) is 48.4 cm³/mol. The Balaban J connectivity index is 2.24. The first-order valence-electron chi connectivity index (χ1n) is 4.21. The van der Waals surface area contributed by atoms with Crippen LogP contribution in [-0.2, 0) is 4.79 Å². The molecule has 0 saturated heterocycles. The molecule has 12 heavy (non-hydrogen) atoms. The van der Waals surface area contributed by atoms with Crippen molar-refractivity contribution in [2.24, 2.45) is 0 Å². The van der Waals surface area contributed by atoms with Gasteiger partial charge in [0.25, 0.3) is 0 Å². The normalized spacial score (nSPS) is 30.1. The van der Waals surface area contributed by atoms with E-state index in [2.05, 4.69) is 0 Å². The van der Waals surface area contributed by atoms with Crippen molar-refractivity contribution in [2.75, 3.05) is 5.75 Å². The lowest BCUT2D eigenvalue weighted by Crippen LogP contribution is -2.27. The molecule has 3 nitrogen and oxygen atoms in total. The Morgan fingerprint density at radius 1 is 1.42 bits per heavy atom. The summed E-state index contributed by atoms with van der Waals surface area (Å²) in [6.07, 6.45) is 3.69. The summed E-state index contributed by atoms with van der Waals surface area (Å²) in [7, 11) is 0. The van der Waals surface area contributed by atoms with E-state index in [1.165, 1.54) is 11.8 Å². The molecule has 0 aliphatic heterocycles. The van der Waals surface area contributed by atoms with Gasteiger partial charge in [0.05, 0.1) is 11.9 Å². The molecule has 0 unspecified atom stereocenters. The van der Waals surface area contributed by atoms with Crippen molar-refractivity contribution in [1.29, 1.82) is 0 Å². The van der Waals surface area contributed by atoms with Crippen molar-refractivity contribution in [2.45, 2.75) is 37.0 Å². The number of hydrogen-bond donors (Lipinski definition) is 2. The molecule has 0 bridgehead atoms. The van der Waals surface area contributed by atoms with E-state index in [1.807, 2.05) is 0 Å². The summed E-state index contributed by atoms with van der Waals surface area (Å²) in [5, 5.41) is 18.0. The monoisotopic (exact) mass is 190 g/mol. The Kier molecular flexibility index (Phi) is 3.88. The van der Waals surface area contributed by atoms with Gasteiger partial charge in [0.2, 0.25) is 0 Å². The first-order valence-corrected chi connectivity index (χ1v) is 5.26. The van der Waals surface area contributed by atoms with Gasteiger partial charge >= 0.3 is 5.97 Å². The van der Waals surface area contributed by atoms with Crippen molar-refractivity contribution in [3.63, 3.8) is 0 Å². The molecule has 0 amide bonds. The summed E-state index contributed by atoms with van der Waals surface area (Å²) in [5.41, 5.74) is 0. The Bertz CT molecular complexity index is 160. The number of carboxylic acid groups (broad SMARTS) is 1. The van der Waals surface area contributed by atoms with Crippen molar-refractivity contribution < 1.29 is 15.0 Å². The summed E-state index contributed by atoms with van der Waals surface area (Å²) in [6, 6.07) is 0. The number of carbonyl (C=O) groups is 1. The molecule has 0 aromatic carbocycles. The highest BCUT2D eigenvalue weighted by atomic mass is 32.2. The van der Waals surface area contributed by atoms with Gasteiger partial charge in [-0.25, -0.2) is 0 Å². The summed E-state index contributed by atoms with van der Waals surface area (Å²) < 4.78 is 0. The maximum atomic E-state index is 10.2. The maximum absolute atomic E-state index is 10.2. The molecule has 1 aliphatic rings. The van der Waals surface area contributed by atoms with E-state index in [4.69, 9.17) is 5.11 Å². The van der Waals surface area contributed by atoms with Gasteiger partial charge in [0, 0.05) is 5.25 Å². The zero-order valence-electron chi connectivity index (χ0n) is 6.90. The largest absolute Gasteiger partial charge is 0.481 e. The molecular formula is C8H14O3S. The van der Waals surface area contributed by atoms with Crippen LogP contribution < -0.4 is 0 Å². The first-order chi connectivity index (χ1) is 5.70. The van der Waals surface area contributed by atoms with E-state index >= 15 is 0 Å². The van der Waals surface area contributed by atoms with Crippen LogP contribution in [0.15, 0.2) is 0 Å². The van der Waals surface area contributed by atoms with Crippen molar-refractivity contribution in [3.05, 3.63) is 0 Å². The Hall–Kier alpha value is -0.220. The third-order valence-corrected chi connectivity index (χ3v) is 3.48. The van der Waals surface area contributed by atoms with Gasteiger partial charge in [-0.05, 0) is 12.8 Å². The SMILES string of the molecule is O=C(O)CS[C@@H]1CCCC[C@H]1O. The smallest absolute Gasteiger partial charge is 0.313 e. The molecule has 1 aliphatic carbocycles. The maximum Gasteiger partial charge on any atom is 0.313 e. The average Bonchev–Trinajstić information content (AvgIpc) is 2.03. The van der Waals surface area contributed by atoms with Gasteiger partial charge in [-0.2, -0.15) is 0 Å². The van der Waals surface area contributed by atoms with Crippen molar-refractivity contribution in [3.8, 4) is 0 Å². The van der Waals surface area contributed by atoms with Gasteiger partial charge in [-0.1, -0.05) is 12.8 Å². The molecule has 0 radical (unpaired) electrons.